The molecule has 1 aromatic carbocycles. The first-order valence-corrected chi connectivity index (χ1v) is 10.1. The molecule has 0 saturated heterocycles. The fourth-order valence-corrected chi connectivity index (χ4v) is 3.27. The van der Waals surface area contributed by atoms with Gasteiger partial charge < -0.3 is 14.0 Å². The predicted molar refractivity (Wildman–Crippen MR) is 104 cm³/mol. The number of halogens is 1. The maximum Gasteiger partial charge on any atom is 0.218 e. The highest BCUT2D eigenvalue weighted by molar-refractivity contribution is 7.84. The molecule has 0 bridgehead atoms. The summed E-state index contributed by atoms with van der Waals surface area (Å²) in [5, 5.41) is 0.228. The molecule has 3 aromatic rings. The van der Waals surface area contributed by atoms with E-state index in [2.05, 4.69) is 9.97 Å². The Hall–Kier alpha value is -2.49. The van der Waals surface area contributed by atoms with Crippen LogP contribution in [0.15, 0.2) is 41.7 Å². The summed E-state index contributed by atoms with van der Waals surface area (Å²) in [5.41, 5.74) is 2.62. The van der Waals surface area contributed by atoms with Crippen LogP contribution in [0, 0.1) is 5.82 Å². The van der Waals surface area contributed by atoms with Gasteiger partial charge in [0.25, 0.3) is 0 Å². The molecule has 148 valence electrons. The summed E-state index contributed by atoms with van der Waals surface area (Å²) < 4.78 is 37.7. The first kappa shape index (κ1) is 20.2. The van der Waals surface area contributed by atoms with Crippen molar-refractivity contribution < 1.29 is 18.1 Å². The van der Waals surface area contributed by atoms with Crippen molar-refractivity contribution >= 4 is 10.8 Å². The van der Waals surface area contributed by atoms with Crippen LogP contribution in [-0.2, 0) is 33.4 Å². The lowest BCUT2D eigenvalue weighted by atomic mass is 10.1. The zero-order valence-electron chi connectivity index (χ0n) is 15.9. The average Bonchev–Trinajstić information content (AvgIpc) is 3.05. The van der Waals surface area contributed by atoms with Gasteiger partial charge >= 0.3 is 0 Å². The van der Waals surface area contributed by atoms with Crippen LogP contribution in [0.1, 0.15) is 5.82 Å². The Morgan fingerprint density at radius 1 is 1.11 bits per heavy atom. The van der Waals surface area contributed by atoms with E-state index < -0.39 is 10.8 Å². The fraction of sp³-hybridized carbons (Fsp3) is 0.316. The van der Waals surface area contributed by atoms with Crippen molar-refractivity contribution in [3.05, 3.63) is 48.2 Å². The van der Waals surface area contributed by atoms with Gasteiger partial charge in [0, 0.05) is 38.7 Å². The van der Waals surface area contributed by atoms with Crippen molar-refractivity contribution in [3.8, 4) is 22.6 Å². The number of hydrogen-bond donors (Lipinski definition) is 0. The van der Waals surface area contributed by atoms with Crippen molar-refractivity contribution in [2.24, 2.45) is 0 Å². The van der Waals surface area contributed by atoms with E-state index in [1.54, 1.807) is 38.6 Å². The van der Waals surface area contributed by atoms with Crippen LogP contribution in [0.3, 0.4) is 0 Å². The average molecular weight is 404 g/mol. The van der Waals surface area contributed by atoms with E-state index in [-0.39, 0.29) is 17.7 Å². The summed E-state index contributed by atoms with van der Waals surface area (Å²) in [6, 6.07) is 7.83. The molecule has 0 aliphatic heterocycles. The Morgan fingerprint density at radius 2 is 1.86 bits per heavy atom. The fourth-order valence-electron chi connectivity index (χ4n) is 2.83. The molecule has 3 rings (SSSR count). The first-order valence-electron chi connectivity index (χ1n) is 8.55. The van der Waals surface area contributed by atoms with Gasteiger partial charge in [-0.15, -0.1) is 0 Å². The van der Waals surface area contributed by atoms with E-state index >= 15 is 0 Å². The number of rotatable bonds is 8. The molecular weight excluding hydrogens is 383 g/mol. The van der Waals surface area contributed by atoms with Gasteiger partial charge in [-0.2, -0.15) is 0 Å². The molecule has 7 nitrogen and oxygen atoms in total. The third-order valence-corrected chi connectivity index (χ3v) is 4.80. The van der Waals surface area contributed by atoms with Crippen molar-refractivity contribution in [3.63, 3.8) is 0 Å². The van der Waals surface area contributed by atoms with Crippen LogP contribution < -0.4 is 0 Å². The molecule has 0 aliphatic rings. The highest BCUT2D eigenvalue weighted by Crippen LogP contribution is 2.32. The van der Waals surface area contributed by atoms with Gasteiger partial charge in [0.05, 0.1) is 34.5 Å². The molecule has 2 heterocycles. The molecule has 28 heavy (non-hydrogen) atoms. The summed E-state index contributed by atoms with van der Waals surface area (Å²) in [6.07, 6.45) is 3.65. The summed E-state index contributed by atoms with van der Waals surface area (Å²) in [6.45, 7) is 0.730. The molecule has 0 amide bonds. The highest BCUT2D eigenvalue weighted by atomic mass is 32.2. The smallest absolute Gasteiger partial charge is 0.218 e. The zero-order chi connectivity index (χ0) is 20.1. The van der Waals surface area contributed by atoms with Crippen molar-refractivity contribution in [1.82, 2.24) is 19.5 Å². The van der Waals surface area contributed by atoms with E-state index in [4.69, 9.17) is 14.5 Å². The normalized spacial score (nSPS) is 12.3. The van der Waals surface area contributed by atoms with Gasteiger partial charge in [0.15, 0.2) is 0 Å². The number of methoxy groups -OCH3 is 2. The highest BCUT2D eigenvalue weighted by Gasteiger charge is 2.22. The molecule has 0 radical (unpaired) electrons. The first-order chi connectivity index (χ1) is 13.5. The lowest BCUT2D eigenvalue weighted by Crippen LogP contribution is -2.10. The molecule has 0 saturated carbocycles. The third-order valence-electron chi connectivity index (χ3n) is 4.09. The minimum atomic E-state index is -1.33. The van der Waals surface area contributed by atoms with Crippen LogP contribution >= 0.6 is 0 Å². The molecule has 2 aromatic heterocycles. The Kier molecular flexibility index (Phi) is 6.61. The molecule has 0 fully saturated rings. The molecule has 0 N–H and O–H groups in total. The maximum atomic E-state index is 13.4. The van der Waals surface area contributed by atoms with Gasteiger partial charge in [-0.05, 0) is 30.3 Å². The zero-order valence-corrected chi connectivity index (χ0v) is 16.7. The SMILES string of the molecule is COCCc1nc(-c2ccc(F)cc2)c(-c2ccnc(S(C)=O)n2)n1COC. The van der Waals surface area contributed by atoms with Crippen molar-refractivity contribution in [2.75, 3.05) is 27.1 Å². The second kappa shape index (κ2) is 9.13. The van der Waals surface area contributed by atoms with E-state index in [9.17, 15) is 8.60 Å². The summed E-state index contributed by atoms with van der Waals surface area (Å²) >= 11 is 0. The molecule has 1 unspecified atom stereocenters. The number of aromatic nitrogens is 4. The maximum absolute atomic E-state index is 13.4. The van der Waals surface area contributed by atoms with Gasteiger partial charge in [-0.3, -0.25) is 4.21 Å². The van der Waals surface area contributed by atoms with Gasteiger partial charge in [0.1, 0.15) is 18.4 Å². The van der Waals surface area contributed by atoms with E-state index in [1.807, 2.05) is 4.57 Å². The van der Waals surface area contributed by atoms with Crippen LogP contribution in [0.25, 0.3) is 22.6 Å². The van der Waals surface area contributed by atoms with E-state index in [1.165, 1.54) is 18.4 Å². The molecule has 0 aliphatic carbocycles. The van der Waals surface area contributed by atoms with Gasteiger partial charge in [-0.25, -0.2) is 19.3 Å². The monoisotopic (exact) mass is 404 g/mol. The van der Waals surface area contributed by atoms with E-state index in [0.717, 1.165) is 11.4 Å². The minimum absolute atomic E-state index is 0.228. The van der Waals surface area contributed by atoms with Crippen LogP contribution in [-0.4, -0.2) is 50.8 Å². The standard InChI is InChI=1S/C19H21FN4O3S/c1-26-11-9-16-23-17(13-4-6-14(20)7-5-13)18(24(16)12-27-2)15-8-10-21-19(22-15)28(3)25/h4-8,10H,9,11-12H2,1-3H3. The quantitative estimate of drug-likeness (QED) is 0.537. The largest absolute Gasteiger partial charge is 0.384 e. The second-order valence-electron chi connectivity index (χ2n) is 6.00. The Morgan fingerprint density at radius 3 is 2.50 bits per heavy atom. The molecule has 9 heteroatoms. The number of nitrogens with zero attached hydrogens (tertiary/aromatic N) is 4. The third kappa shape index (κ3) is 4.32. The number of hydrogen-bond acceptors (Lipinski definition) is 6. The van der Waals surface area contributed by atoms with Crippen LogP contribution in [0.4, 0.5) is 4.39 Å². The van der Waals surface area contributed by atoms with Crippen molar-refractivity contribution in [1.29, 1.82) is 0 Å². The number of ether oxygens (including phenoxy) is 2. The van der Waals surface area contributed by atoms with Gasteiger partial charge in [0.2, 0.25) is 5.16 Å². The number of imidazole rings is 1. The second-order valence-corrected chi connectivity index (χ2v) is 7.27. The van der Waals surface area contributed by atoms with Crippen LogP contribution in [0.5, 0.6) is 0 Å². The Balaban J connectivity index is 2.24. The molecule has 1 atom stereocenters. The summed E-state index contributed by atoms with van der Waals surface area (Å²) in [7, 11) is 1.89. The van der Waals surface area contributed by atoms with Crippen molar-refractivity contribution in [2.45, 2.75) is 18.3 Å². The minimum Gasteiger partial charge on any atom is -0.384 e. The van der Waals surface area contributed by atoms with E-state index in [0.29, 0.717) is 30.1 Å². The summed E-state index contributed by atoms with van der Waals surface area (Å²) in [4.78, 5) is 13.3. The summed E-state index contributed by atoms with van der Waals surface area (Å²) in [5.74, 6) is 0.419. The Labute approximate surface area is 165 Å². The topological polar surface area (TPSA) is 79.1 Å². The van der Waals surface area contributed by atoms with Crippen LogP contribution in [0.2, 0.25) is 0 Å². The molecular formula is C19H21FN4O3S. The van der Waals surface area contributed by atoms with Gasteiger partial charge in [-0.1, -0.05) is 0 Å². The number of benzene rings is 1. The lowest BCUT2D eigenvalue weighted by molar-refractivity contribution is 0.127. The lowest BCUT2D eigenvalue weighted by Gasteiger charge is -2.12. The Bertz CT molecular complexity index is 976. The molecule has 0 spiro atoms. The predicted octanol–water partition coefficient (Wildman–Crippen LogP) is 2.68.